The summed E-state index contributed by atoms with van der Waals surface area (Å²) in [5.74, 6) is 0.474. The van der Waals surface area contributed by atoms with Crippen molar-refractivity contribution in [1.82, 2.24) is 9.55 Å². The number of hydrogen-bond donors (Lipinski definition) is 1. The fourth-order valence-electron chi connectivity index (χ4n) is 2.21. The number of nitrogens with one attached hydrogen (secondary N) is 1. The van der Waals surface area contributed by atoms with Gasteiger partial charge in [-0.2, -0.15) is 0 Å². The highest BCUT2D eigenvalue weighted by molar-refractivity contribution is 7.71. The number of hydrogen-bond acceptors (Lipinski definition) is 2. The summed E-state index contributed by atoms with van der Waals surface area (Å²) < 4.78 is 8.56. The zero-order valence-electron chi connectivity index (χ0n) is 11.1. The van der Waals surface area contributed by atoms with E-state index in [0.717, 1.165) is 22.4 Å². The molecule has 0 aliphatic heterocycles. The van der Waals surface area contributed by atoms with Crippen LogP contribution < -0.4 is 0 Å². The highest BCUT2D eigenvalue weighted by Gasteiger charge is 2.18. The second-order valence-electron chi connectivity index (χ2n) is 4.79. The summed E-state index contributed by atoms with van der Waals surface area (Å²) in [4.78, 5) is 3.26. The maximum Gasteiger partial charge on any atom is 0.178 e. The van der Waals surface area contributed by atoms with E-state index >= 15 is 0 Å². The van der Waals surface area contributed by atoms with Crippen LogP contribution in [0.15, 0.2) is 24.3 Å². The molecule has 1 aromatic carbocycles. The average molecular weight is 264 g/mol. The molecule has 98 valence electrons. The van der Waals surface area contributed by atoms with E-state index in [0.29, 0.717) is 12.5 Å². The van der Waals surface area contributed by atoms with Crippen LogP contribution in [0.3, 0.4) is 0 Å². The standard InChI is InChI=1S/C14H20N2OS/c1-4-17-9-13(10(2)3)16-12-8-6-5-7-11(12)15-14(16)18/h5-8,10,13H,4,9H2,1-3H3,(H,15,18). The second kappa shape index (κ2) is 5.67. The molecule has 0 amide bonds. The molecular weight excluding hydrogens is 244 g/mol. The summed E-state index contributed by atoms with van der Waals surface area (Å²) in [5, 5.41) is 0. The third-order valence-electron chi connectivity index (χ3n) is 3.22. The van der Waals surface area contributed by atoms with E-state index in [1.807, 2.05) is 19.1 Å². The minimum absolute atomic E-state index is 0.272. The molecule has 2 rings (SSSR count). The quantitative estimate of drug-likeness (QED) is 0.829. The van der Waals surface area contributed by atoms with Crippen LogP contribution in [0.25, 0.3) is 11.0 Å². The molecule has 18 heavy (non-hydrogen) atoms. The Labute approximate surface area is 113 Å². The van der Waals surface area contributed by atoms with Gasteiger partial charge in [0.25, 0.3) is 0 Å². The number of fused-ring (bicyclic) bond motifs is 1. The summed E-state index contributed by atoms with van der Waals surface area (Å²) in [6.07, 6.45) is 0. The van der Waals surface area contributed by atoms with Crippen LogP contribution in [-0.2, 0) is 4.74 Å². The van der Waals surface area contributed by atoms with Crippen molar-refractivity contribution < 1.29 is 4.74 Å². The average Bonchev–Trinajstić information content (AvgIpc) is 2.66. The van der Waals surface area contributed by atoms with E-state index in [-0.39, 0.29) is 6.04 Å². The Morgan fingerprint density at radius 1 is 1.33 bits per heavy atom. The fourth-order valence-corrected chi connectivity index (χ4v) is 2.55. The zero-order valence-corrected chi connectivity index (χ0v) is 12.0. The number of benzene rings is 1. The van der Waals surface area contributed by atoms with Gasteiger partial charge < -0.3 is 14.3 Å². The SMILES string of the molecule is CCOCC(C(C)C)n1c(=S)[nH]c2ccccc21. The predicted octanol–water partition coefficient (Wildman–Crippen LogP) is 3.93. The van der Waals surface area contributed by atoms with Gasteiger partial charge in [0.1, 0.15) is 0 Å². The van der Waals surface area contributed by atoms with Crippen molar-refractivity contribution in [1.29, 1.82) is 0 Å². The van der Waals surface area contributed by atoms with Crippen LogP contribution in [0, 0.1) is 10.7 Å². The van der Waals surface area contributed by atoms with Gasteiger partial charge in [-0.05, 0) is 37.2 Å². The molecule has 0 radical (unpaired) electrons. The lowest BCUT2D eigenvalue weighted by Crippen LogP contribution is -2.21. The van der Waals surface area contributed by atoms with Gasteiger partial charge >= 0.3 is 0 Å². The molecule has 0 saturated heterocycles. The van der Waals surface area contributed by atoms with Crippen molar-refractivity contribution >= 4 is 23.3 Å². The number of aromatic amines is 1. The van der Waals surface area contributed by atoms with Crippen LogP contribution in [-0.4, -0.2) is 22.8 Å². The third kappa shape index (κ3) is 2.49. The molecular formula is C14H20N2OS. The first kappa shape index (κ1) is 13.3. The summed E-state index contributed by atoms with van der Waals surface area (Å²) in [5.41, 5.74) is 2.24. The Bertz CT molecular complexity index is 570. The molecule has 1 unspecified atom stereocenters. The molecule has 3 nitrogen and oxygen atoms in total. The number of H-pyrrole nitrogens is 1. The molecule has 4 heteroatoms. The number of rotatable bonds is 5. The maximum absolute atomic E-state index is 5.60. The topological polar surface area (TPSA) is 29.9 Å². The Hall–Kier alpha value is -1.13. The zero-order chi connectivity index (χ0) is 13.1. The molecule has 1 atom stereocenters. The minimum atomic E-state index is 0.272. The van der Waals surface area contributed by atoms with Gasteiger partial charge in [-0.25, -0.2) is 0 Å². The van der Waals surface area contributed by atoms with Gasteiger partial charge in [0, 0.05) is 6.61 Å². The van der Waals surface area contributed by atoms with Gasteiger partial charge in [-0.1, -0.05) is 26.0 Å². The normalized spacial score (nSPS) is 13.3. The van der Waals surface area contributed by atoms with E-state index in [2.05, 4.69) is 35.5 Å². The number of aromatic nitrogens is 2. The van der Waals surface area contributed by atoms with E-state index in [9.17, 15) is 0 Å². The van der Waals surface area contributed by atoms with Gasteiger partial charge in [0.05, 0.1) is 23.7 Å². The van der Waals surface area contributed by atoms with Gasteiger partial charge in [0.2, 0.25) is 0 Å². The van der Waals surface area contributed by atoms with Gasteiger partial charge in [0.15, 0.2) is 4.77 Å². The lowest BCUT2D eigenvalue weighted by Gasteiger charge is -2.23. The first-order valence-electron chi connectivity index (χ1n) is 6.42. The Kier molecular flexibility index (Phi) is 4.19. The van der Waals surface area contributed by atoms with E-state index in [4.69, 9.17) is 17.0 Å². The van der Waals surface area contributed by atoms with E-state index in [1.165, 1.54) is 0 Å². The van der Waals surface area contributed by atoms with Crippen molar-refractivity contribution in [2.24, 2.45) is 5.92 Å². The Balaban J connectivity index is 2.49. The van der Waals surface area contributed by atoms with Crippen LogP contribution in [0.5, 0.6) is 0 Å². The van der Waals surface area contributed by atoms with Gasteiger partial charge in [-0.15, -0.1) is 0 Å². The number of para-hydroxylation sites is 2. The molecule has 0 aliphatic rings. The largest absolute Gasteiger partial charge is 0.380 e. The minimum Gasteiger partial charge on any atom is -0.380 e. The van der Waals surface area contributed by atoms with E-state index < -0.39 is 0 Å². The van der Waals surface area contributed by atoms with Crippen LogP contribution >= 0.6 is 12.2 Å². The lowest BCUT2D eigenvalue weighted by molar-refractivity contribution is 0.0974. The third-order valence-corrected chi connectivity index (χ3v) is 3.52. The molecule has 1 N–H and O–H groups in total. The second-order valence-corrected chi connectivity index (χ2v) is 5.17. The molecule has 1 heterocycles. The monoisotopic (exact) mass is 264 g/mol. The summed E-state index contributed by atoms with van der Waals surface area (Å²) in [7, 11) is 0. The van der Waals surface area contributed by atoms with Crippen LogP contribution in [0.2, 0.25) is 0 Å². The highest BCUT2D eigenvalue weighted by atomic mass is 32.1. The van der Waals surface area contributed by atoms with Crippen molar-refractivity contribution in [3.63, 3.8) is 0 Å². The predicted molar refractivity (Wildman–Crippen MR) is 77.5 cm³/mol. The number of nitrogens with zero attached hydrogens (tertiary/aromatic N) is 1. The van der Waals surface area contributed by atoms with E-state index in [1.54, 1.807) is 0 Å². The van der Waals surface area contributed by atoms with Crippen molar-refractivity contribution in [3.8, 4) is 0 Å². The first-order chi connectivity index (χ1) is 8.65. The molecule has 0 bridgehead atoms. The van der Waals surface area contributed by atoms with Crippen molar-refractivity contribution in [2.45, 2.75) is 26.8 Å². The molecule has 0 fully saturated rings. The summed E-state index contributed by atoms with van der Waals surface area (Å²) in [6, 6.07) is 8.49. The summed E-state index contributed by atoms with van der Waals surface area (Å²) >= 11 is 5.45. The van der Waals surface area contributed by atoms with Crippen LogP contribution in [0.4, 0.5) is 0 Å². The molecule has 1 aromatic heterocycles. The van der Waals surface area contributed by atoms with Crippen molar-refractivity contribution in [3.05, 3.63) is 29.0 Å². The lowest BCUT2D eigenvalue weighted by atomic mass is 10.1. The van der Waals surface area contributed by atoms with Crippen molar-refractivity contribution in [2.75, 3.05) is 13.2 Å². The molecule has 0 aliphatic carbocycles. The summed E-state index contributed by atoms with van der Waals surface area (Å²) in [6.45, 7) is 7.86. The number of ether oxygens (including phenoxy) is 1. The smallest absolute Gasteiger partial charge is 0.178 e. The maximum atomic E-state index is 5.60. The van der Waals surface area contributed by atoms with Crippen LogP contribution in [0.1, 0.15) is 26.8 Å². The molecule has 0 spiro atoms. The fraction of sp³-hybridized carbons (Fsp3) is 0.500. The Morgan fingerprint density at radius 2 is 2.06 bits per heavy atom. The molecule has 0 saturated carbocycles. The number of imidazole rings is 1. The molecule has 2 aromatic rings. The Morgan fingerprint density at radius 3 is 2.72 bits per heavy atom. The first-order valence-corrected chi connectivity index (χ1v) is 6.83. The van der Waals surface area contributed by atoms with Gasteiger partial charge in [-0.3, -0.25) is 0 Å². The highest BCUT2D eigenvalue weighted by Crippen LogP contribution is 2.24.